The number of aryl methyl sites for hydroxylation is 1. The third-order valence-corrected chi connectivity index (χ3v) is 6.00. The maximum absolute atomic E-state index is 12.8. The van der Waals surface area contributed by atoms with Crippen molar-refractivity contribution in [1.29, 1.82) is 0 Å². The van der Waals surface area contributed by atoms with E-state index in [1.54, 1.807) is 0 Å². The van der Waals surface area contributed by atoms with Crippen LogP contribution in [0.3, 0.4) is 0 Å². The van der Waals surface area contributed by atoms with E-state index in [2.05, 4.69) is 11.6 Å². The van der Waals surface area contributed by atoms with Gasteiger partial charge in [0.05, 0.1) is 22.7 Å². The third kappa shape index (κ3) is 4.59. The van der Waals surface area contributed by atoms with Gasteiger partial charge in [0.25, 0.3) is 0 Å². The molecule has 4 aromatic rings. The molecule has 1 N–H and O–H groups in total. The summed E-state index contributed by atoms with van der Waals surface area (Å²) in [6.45, 7) is 6.01. The fourth-order valence-electron chi connectivity index (χ4n) is 3.24. The van der Waals surface area contributed by atoms with Crippen molar-refractivity contribution in [2.24, 2.45) is 0 Å². The van der Waals surface area contributed by atoms with E-state index in [9.17, 15) is 18.3 Å². The number of aliphatic hydroxyl groups excluding tert-OH is 1. The molecule has 0 unspecified atom stereocenters. The number of alkyl halides is 3. The van der Waals surface area contributed by atoms with Crippen molar-refractivity contribution in [3.05, 3.63) is 83.2 Å². The number of hydrogen-bond donors (Lipinski definition) is 1. The molecular formula is C23H19F3N2O2S. The van der Waals surface area contributed by atoms with Crippen LogP contribution < -0.4 is 4.74 Å². The molecular weight excluding hydrogens is 425 g/mol. The Morgan fingerprint density at radius 2 is 1.90 bits per heavy atom. The molecule has 0 radical (unpaired) electrons. The van der Waals surface area contributed by atoms with Crippen LogP contribution in [0.25, 0.3) is 21.5 Å². The van der Waals surface area contributed by atoms with Gasteiger partial charge in [0.2, 0.25) is 0 Å². The van der Waals surface area contributed by atoms with E-state index in [0.29, 0.717) is 29.5 Å². The number of aliphatic hydroxyl groups is 1. The van der Waals surface area contributed by atoms with Crippen molar-refractivity contribution < 1.29 is 23.0 Å². The lowest BCUT2D eigenvalue weighted by Crippen LogP contribution is -2.03. The number of rotatable bonds is 6. The van der Waals surface area contributed by atoms with E-state index in [0.717, 1.165) is 33.6 Å². The molecule has 0 fully saturated rings. The van der Waals surface area contributed by atoms with Crippen LogP contribution in [-0.2, 0) is 19.3 Å². The summed E-state index contributed by atoms with van der Waals surface area (Å²) in [4.78, 5) is 5.39. The van der Waals surface area contributed by atoms with Gasteiger partial charge in [-0.05, 0) is 43.3 Å². The predicted molar refractivity (Wildman–Crippen MR) is 115 cm³/mol. The summed E-state index contributed by atoms with van der Waals surface area (Å²) in [5.74, 6) is 0.777. The second-order valence-corrected chi connectivity index (χ2v) is 8.21. The van der Waals surface area contributed by atoms with E-state index < -0.39 is 11.7 Å². The van der Waals surface area contributed by atoms with Crippen molar-refractivity contribution in [1.82, 2.24) is 9.55 Å². The number of allylic oxidation sites excluding steroid dienone is 1. The average molecular weight is 444 g/mol. The van der Waals surface area contributed by atoms with Crippen molar-refractivity contribution in [3.8, 4) is 16.3 Å². The highest BCUT2D eigenvalue weighted by Crippen LogP contribution is 2.33. The number of benzene rings is 2. The maximum Gasteiger partial charge on any atom is 0.416 e. The SMILES string of the molecule is C=C(O)Cn1ccc2cc(OCc3sc(-c4ccc(C(F)(F)F)cc4)nc3C)ccc21. The van der Waals surface area contributed by atoms with Crippen molar-refractivity contribution in [3.63, 3.8) is 0 Å². The first kappa shape index (κ1) is 21.0. The van der Waals surface area contributed by atoms with Crippen molar-refractivity contribution in [2.75, 3.05) is 0 Å². The van der Waals surface area contributed by atoms with Crippen LogP contribution in [0.15, 0.2) is 67.1 Å². The molecule has 0 spiro atoms. The summed E-state index contributed by atoms with van der Waals surface area (Å²) >= 11 is 1.40. The second-order valence-electron chi connectivity index (χ2n) is 7.12. The summed E-state index contributed by atoms with van der Waals surface area (Å²) in [7, 11) is 0. The Hall–Kier alpha value is -3.26. The highest BCUT2D eigenvalue weighted by molar-refractivity contribution is 7.15. The van der Waals surface area contributed by atoms with Crippen LogP contribution in [0.5, 0.6) is 5.75 Å². The van der Waals surface area contributed by atoms with E-state index >= 15 is 0 Å². The molecule has 0 aliphatic carbocycles. The molecule has 4 rings (SSSR count). The summed E-state index contributed by atoms with van der Waals surface area (Å²) in [5.41, 5.74) is 1.70. The molecule has 0 aliphatic rings. The molecule has 0 saturated heterocycles. The lowest BCUT2D eigenvalue weighted by atomic mass is 10.1. The number of halogens is 3. The topological polar surface area (TPSA) is 47.3 Å². The lowest BCUT2D eigenvalue weighted by Gasteiger charge is -2.07. The van der Waals surface area contributed by atoms with E-state index in [1.807, 2.05) is 42.0 Å². The molecule has 160 valence electrons. The number of ether oxygens (including phenoxy) is 1. The second kappa shape index (κ2) is 8.11. The standard InChI is InChI=1S/C23H19F3N2O2S/c1-14(29)12-28-10-9-17-11-19(7-8-20(17)28)30-13-21-15(2)27-22(31-21)16-3-5-18(6-4-16)23(24,25)26/h3-11,29H,1,12-13H2,2H3. The molecule has 31 heavy (non-hydrogen) atoms. The van der Waals surface area contributed by atoms with Crippen LogP contribution in [0.4, 0.5) is 13.2 Å². The minimum atomic E-state index is -4.36. The van der Waals surface area contributed by atoms with Gasteiger partial charge in [-0.25, -0.2) is 4.98 Å². The number of hydrogen-bond acceptors (Lipinski definition) is 4. The van der Waals surface area contributed by atoms with Gasteiger partial charge >= 0.3 is 6.18 Å². The Balaban J connectivity index is 1.48. The van der Waals surface area contributed by atoms with Gasteiger partial charge in [0, 0.05) is 22.7 Å². The van der Waals surface area contributed by atoms with Crippen molar-refractivity contribution >= 4 is 22.2 Å². The first-order chi connectivity index (χ1) is 14.7. The first-order valence-corrected chi connectivity index (χ1v) is 10.2. The highest BCUT2D eigenvalue weighted by Gasteiger charge is 2.30. The zero-order chi connectivity index (χ0) is 22.2. The largest absolute Gasteiger partial charge is 0.511 e. The molecule has 0 aliphatic heterocycles. The lowest BCUT2D eigenvalue weighted by molar-refractivity contribution is -0.137. The molecule has 2 aromatic carbocycles. The van der Waals surface area contributed by atoms with Crippen LogP contribution in [0, 0.1) is 6.92 Å². The molecule has 2 heterocycles. The summed E-state index contributed by atoms with van der Waals surface area (Å²) < 4.78 is 46.1. The number of nitrogens with zero attached hydrogens (tertiary/aromatic N) is 2. The Labute approximate surface area is 180 Å². The van der Waals surface area contributed by atoms with Gasteiger partial charge in [0.1, 0.15) is 23.1 Å². The molecule has 0 bridgehead atoms. The normalized spacial score (nSPS) is 11.7. The fraction of sp³-hybridized carbons (Fsp3) is 0.174. The fourth-order valence-corrected chi connectivity index (χ4v) is 4.22. The molecule has 0 atom stereocenters. The number of aromatic nitrogens is 2. The van der Waals surface area contributed by atoms with Crippen molar-refractivity contribution in [2.45, 2.75) is 26.3 Å². The molecule has 8 heteroatoms. The minimum absolute atomic E-state index is 0.0855. The molecule has 4 nitrogen and oxygen atoms in total. The quantitative estimate of drug-likeness (QED) is 0.335. The molecule has 2 aromatic heterocycles. The van der Waals surface area contributed by atoms with Gasteiger partial charge < -0.3 is 14.4 Å². The number of fused-ring (bicyclic) bond motifs is 1. The summed E-state index contributed by atoms with van der Waals surface area (Å²) in [5, 5.41) is 11.0. The maximum atomic E-state index is 12.8. The Kier molecular flexibility index (Phi) is 5.49. The van der Waals surface area contributed by atoms with Gasteiger partial charge in [-0.1, -0.05) is 18.7 Å². The monoisotopic (exact) mass is 444 g/mol. The smallest absolute Gasteiger partial charge is 0.416 e. The van der Waals surface area contributed by atoms with Crippen LogP contribution in [-0.4, -0.2) is 14.7 Å². The van der Waals surface area contributed by atoms with Gasteiger partial charge in [-0.2, -0.15) is 13.2 Å². The Morgan fingerprint density at radius 1 is 1.16 bits per heavy atom. The third-order valence-electron chi connectivity index (χ3n) is 4.82. The minimum Gasteiger partial charge on any atom is -0.511 e. The first-order valence-electron chi connectivity index (χ1n) is 9.43. The summed E-state index contributed by atoms with van der Waals surface area (Å²) in [6.07, 6.45) is -2.48. The molecule has 0 saturated carbocycles. The van der Waals surface area contributed by atoms with Gasteiger partial charge in [-0.3, -0.25) is 0 Å². The Morgan fingerprint density at radius 3 is 2.58 bits per heavy atom. The van der Waals surface area contributed by atoms with Crippen LogP contribution in [0.2, 0.25) is 0 Å². The van der Waals surface area contributed by atoms with Gasteiger partial charge in [-0.15, -0.1) is 11.3 Å². The average Bonchev–Trinajstić information content (AvgIpc) is 3.28. The van der Waals surface area contributed by atoms with Gasteiger partial charge in [0.15, 0.2) is 0 Å². The highest BCUT2D eigenvalue weighted by atomic mass is 32.1. The zero-order valence-corrected chi connectivity index (χ0v) is 17.4. The zero-order valence-electron chi connectivity index (χ0n) is 16.6. The number of thiazole rings is 1. The Bertz CT molecular complexity index is 1240. The predicted octanol–water partition coefficient (Wildman–Crippen LogP) is 6.74. The van der Waals surface area contributed by atoms with E-state index in [4.69, 9.17) is 4.74 Å². The van der Waals surface area contributed by atoms with Crippen LogP contribution >= 0.6 is 11.3 Å². The van der Waals surface area contributed by atoms with E-state index in [-0.39, 0.29) is 5.76 Å². The van der Waals surface area contributed by atoms with Crippen LogP contribution in [0.1, 0.15) is 16.1 Å². The summed E-state index contributed by atoms with van der Waals surface area (Å²) in [6, 6.07) is 12.6. The molecule has 0 amide bonds. The van der Waals surface area contributed by atoms with E-state index in [1.165, 1.54) is 23.5 Å².